The second-order valence-electron chi connectivity index (χ2n) is 5.43. The molecule has 11 heteroatoms. The zero-order valence-electron chi connectivity index (χ0n) is 14.7. The Morgan fingerprint density at radius 1 is 1.18 bits per heavy atom. The van der Waals surface area contributed by atoms with E-state index in [2.05, 4.69) is 35.6 Å². The predicted octanol–water partition coefficient (Wildman–Crippen LogP) is 2.23. The second kappa shape index (κ2) is 7.88. The summed E-state index contributed by atoms with van der Waals surface area (Å²) in [6, 6.07) is 3.65. The molecule has 0 bridgehead atoms. The second-order valence-corrected chi connectivity index (χ2v) is 6.29. The minimum atomic E-state index is -0.394. The molecule has 0 unspecified atom stereocenters. The Hall–Kier alpha value is -3.73. The van der Waals surface area contributed by atoms with Crippen molar-refractivity contribution in [3.8, 4) is 22.8 Å². The third kappa shape index (κ3) is 3.69. The molecule has 4 rings (SSSR count). The highest BCUT2D eigenvalue weighted by Crippen LogP contribution is 2.25. The van der Waals surface area contributed by atoms with Gasteiger partial charge in [-0.05, 0) is 19.1 Å². The average molecular weight is 394 g/mol. The number of rotatable bonds is 6. The fourth-order valence-corrected chi connectivity index (χ4v) is 3.07. The van der Waals surface area contributed by atoms with E-state index >= 15 is 0 Å². The largest absolute Gasteiger partial charge is 0.492 e. The summed E-state index contributed by atoms with van der Waals surface area (Å²) < 4.78 is 6.74. The van der Waals surface area contributed by atoms with Crippen molar-refractivity contribution in [3.63, 3.8) is 0 Å². The summed E-state index contributed by atoms with van der Waals surface area (Å²) in [4.78, 5) is 29.2. The average Bonchev–Trinajstić information content (AvgIpc) is 3.39. The SMILES string of the molecule is CCOc1ccc(-c2csc(NC(=O)c3cnnn3-c3cncnc3)n2)nc1. The maximum absolute atomic E-state index is 12.6. The minimum Gasteiger partial charge on any atom is -0.492 e. The first-order valence-corrected chi connectivity index (χ1v) is 9.14. The monoisotopic (exact) mass is 394 g/mol. The van der Waals surface area contributed by atoms with Gasteiger partial charge >= 0.3 is 0 Å². The van der Waals surface area contributed by atoms with Gasteiger partial charge in [-0.3, -0.25) is 15.1 Å². The fourth-order valence-electron chi connectivity index (χ4n) is 2.37. The number of nitrogens with one attached hydrogen (secondary N) is 1. The van der Waals surface area contributed by atoms with Crippen LogP contribution in [-0.2, 0) is 0 Å². The first kappa shape index (κ1) is 17.7. The molecular formula is C17H14N8O2S. The van der Waals surface area contributed by atoms with Gasteiger partial charge in [0.25, 0.3) is 5.91 Å². The number of hydrogen-bond donors (Lipinski definition) is 1. The molecule has 1 N–H and O–H groups in total. The smallest absolute Gasteiger partial charge is 0.277 e. The summed E-state index contributed by atoms with van der Waals surface area (Å²) in [6.07, 6.45) is 7.48. The zero-order chi connectivity index (χ0) is 19.3. The lowest BCUT2D eigenvalue weighted by Gasteiger charge is -2.04. The number of amides is 1. The van der Waals surface area contributed by atoms with Crippen LogP contribution in [0.2, 0.25) is 0 Å². The Labute approximate surface area is 163 Å². The summed E-state index contributed by atoms with van der Waals surface area (Å²) in [7, 11) is 0. The van der Waals surface area contributed by atoms with Gasteiger partial charge in [-0.25, -0.2) is 19.6 Å². The third-order valence-corrected chi connectivity index (χ3v) is 4.37. The van der Waals surface area contributed by atoms with Crippen LogP contribution in [-0.4, -0.2) is 47.4 Å². The molecule has 0 aliphatic rings. The molecule has 4 aromatic rings. The molecule has 10 nitrogen and oxygen atoms in total. The van der Waals surface area contributed by atoms with Gasteiger partial charge < -0.3 is 4.74 Å². The summed E-state index contributed by atoms with van der Waals surface area (Å²) in [5.41, 5.74) is 2.12. The van der Waals surface area contributed by atoms with Crippen LogP contribution >= 0.6 is 11.3 Å². The molecule has 0 saturated carbocycles. The lowest BCUT2D eigenvalue weighted by molar-refractivity contribution is 0.101. The first-order valence-electron chi connectivity index (χ1n) is 8.27. The van der Waals surface area contributed by atoms with Crippen molar-refractivity contribution in [2.75, 3.05) is 11.9 Å². The van der Waals surface area contributed by atoms with Gasteiger partial charge in [0.15, 0.2) is 10.8 Å². The molecule has 140 valence electrons. The predicted molar refractivity (Wildman–Crippen MR) is 101 cm³/mol. The van der Waals surface area contributed by atoms with E-state index < -0.39 is 5.91 Å². The van der Waals surface area contributed by atoms with Crippen LogP contribution in [0.1, 0.15) is 17.4 Å². The van der Waals surface area contributed by atoms with Gasteiger partial charge in [-0.1, -0.05) is 5.21 Å². The molecular weight excluding hydrogens is 380 g/mol. The molecule has 4 aromatic heterocycles. The van der Waals surface area contributed by atoms with E-state index in [-0.39, 0.29) is 5.69 Å². The molecule has 0 aromatic carbocycles. The molecule has 0 aliphatic carbocycles. The molecule has 28 heavy (non-hydrogen) atoms. The van der Waals surface area contributed by atoms with Crippen molar-refractivity contribution >= 4 is 22.4 Å². The highest BCUT2D eigenvalue weighted by atomic mass is 32.1. The van der Waals surface area contributed by atoms with Gasteiger partial charge in [0.05, 0.1) is 37.1 Å². The topological polar surface area (TPSA) is 121 Å². The van der Waals surface area contributed by atoms with E-state index in [1.165, 1.54) is 40.9 Å². The number of ether oxygens (including phenoxy) is 1. The van der Waals surface area contributed by atoms with Crippen LogP contribution in [0.25, 0.3) is 17.1 Å². The molecule has 0 atom stereocenters. The molecule has 4 heterocycles. The molecule has 0 fully saturated rings. The summed E-state index contributed by atoms with van der Waals surface area (Å²) >= 11 is 1.30. The van der Waals surface area contributed by atoms with Crippen LogP contribution in [0, 0.1) is 0 Å². The maximum Gasteiger partial charge on any atom is 0.277 e. The Kier molecular flexibility index (Phi) is 4.97. The van der Waals surface area contributed by atoms with Gasteiger partial charge in [0.2, 0.25) is 0 Å². The van der Waals surface area contributed by atoms with Crippen LogP contribution < -0.4 is 10.1 Å². The number of pyridine rings is 1. The Morgan fingerprint density at radius 2 is 2.04 bits per heavy atom. The molecule has 1 amide bonds. The van der Waals surface area contributed by atoms with Crippen molar-refractivity contribution in [2.45, 2.75) is 6.92 Å². The lowest BCUT2D eigenvalue weighted by Crippen LogP contribution is -2.17. The van der Waals surface area contributed by atoms with Crippen molar-refractivity contribution < 1.29 is 9.53 Å². The van der Waals surface area contributed by atoms with Gasteiger partial charge in [0.1, 0.15) is 23.5 Å². The lowest BCUT2D eigenvalue weighted by atomic mass is 10.3. The van der Waals surface area contributed by atoms with Crippen LogP contribution in [0.4, 0.5) is 5.13 Å². The number of thiazole rings is 1. The highest BCUT2D eigenvalue weighted by molar-refractivity contribution is 7.14. The van der Waals surface area contributed by atoms with E-state index in [0.717, 1.165) is 0 Å². The minimum absolute atomic E-state index is 0.241. The first-order chi connectivity index (χ1) is 13.7. The third-order valence-electron chi connectivity index (χ3n) is 3.61. The van der Waals surface area contributed by atoms with Crippen molar-refractivity contribution in [1.82, 2.24) is 34.9 Å². The Bertz CT molecular complexity index is 1080. The van der Waals surface area contributed by atoms with Crippen molar-refractivity contribution in [3.05, 3.63) is 54.3 Å². The fraction of sp³-hybridized carbons (Fsp3) is 0.118. The van der Waals surface area contributed by atoms with E-state index in [1.807, 2.05) is 24.4 Å². The summed E-state index contributed by atoms with van der Waals surface area (Å²) in [5, 5.41) is 12.7. The van der Waals surface area contributed by atoms with Crippen molar-refractivity contribution in [1.29, 1.82) is 0 Å². The number of nitrogens with zero attached hydrogens (tertiary/aromatic N) is 7. The zero-order valence-corrected chi connectivity index (χ0v) is 15.5. The number of aromatic nitrogens is 7. The quantitative estimate of drug-likeness (QED) is 0.528. The molecule has 0 aliphatic heterocycles. The van der Waals surface area contributed by atoms with Crippen molar-refractivity contribution in [2.24, 2.45) is 0 Å². The van der Waals surface area contributed by atoms with Gasteiger partial charge in [-0.15, -0.1) is 16.4 Å². The van der Waals surface area contributed by atoms with E-state index in [1.54, 1.807) is 6.20 Å². The number of carbonyl (C=O) groups excluding carboxylic acids is 1. The number of anilines is 1. The normalized spacial score (nSPS) is 10.6. The van der Waals surface area contributed by atoms with Crippen LogP contribution in [0.5, 0.6) is 5.75 Å². The van der Waals surface area contributed by atoms with E-state index in [4.69, 9.17) is 4.74 Å². The van der Waals surface area contributed by atoms with Gasteiger partial charge in [0, 0.05) is 5.38 Å². The Balaban J connectivity index is 1.50. The molecule has 0 radical (unpaired) electrons. The maximum atomic E-state index is 12.6. The number of carbonyl (C=O) groups is 1. The summed E-state index contributed by atoms with van der Waals surface area (Å²) in [5.74, 6) is 0.301. The van der Waals surface area contributed by atoms with Crippen LogP contribution in [0.15, 0.2) is 48.6 Å². The van der Waals surface area contributed by atoms with Gasteiger partial charge in [-0.2, -0.15) is 0 Å². The summed E-state index contributed by atoms with van der Waals surface area (Å²) in [6.45, 7) is 2.49. The molecule has 0 saturated heterocycles. The highest BCUT2D eigenvalue weighted by Gasteiger charge is 2.17. The van der Waals surface area contributed by atoms with Crippen LogP contribution in [0.3, 0.4) is 0 Å². The van der Waals surface area contributed by atoms with E-state index in [9.17, 15) is 4.79 Å². The standard InChI is InChI=1S/C17H14N8O2S/c1-2-27-12-3-4-13(20-7-12)14-9-28-17(22-14)23-16(26)15-8-21-24-25(15)11-5-18-10-19-6-11/h3-10H,2H2,1H3,(H,22,23,26). The number of hydrogen-bond acceptors (Lipinski definition) is 9. The molecule has 0 spiro atoms. The van der Waals surface area contributed by atoms with E-state index in [0.29, 0.717) is 34.6 Å². The Morgan fingerprint density at radius 3 is 2.79 bits per heavy atom.